The summed E-state index contributed by atoms with van der Waals surface area (Å²) in [7, 11) is 0. The Morgan fingerprint density at radius 2 is 1.90 bits per heavy atom. The quantitative estimate of drug-likeness (QED) is 0.343. The lowest BCUT2D eigenvalue weighted by molar-refractivity contribution is -0.157. The van der Waals surface area contributed by atoms with Crippen LogP contribution in [0.1, 0.15) is 13.8 Å². The van der Waals surface area contributed by atoms with Crippen molar-refractivity contribution >= 4 is 39.8 Å². The molecule has 1 aromatic rings. The molecule has 0 N–H and O–H groups in total. The smallest absolute Gasteiger partial charge is 0.325 e. The van der Waals surface area contributed by atoms with Gasteiger partial charge in [0.15, 0.2) is 5.92 Å². The number of esters is 2. The zero-order valence-corrected chi connectivity index (χ0v) is 12.8. The lowest BCUT2D eigenvalue weighted by Crippen LogP contribution is -2.29. The van der Waals surface area contributed by atoms with Crippen molar-refractivity contribution in [2.24, 2.45) is 10.9 Å². The van der Waals surface area contributed by atoms with Crippen LogP contribution >= 0.6 is 15.9 Å². The van der Waals surface area contributed by atoms with Crippen molar-refractivity contribution < 1.29 is 19.1 Å². The Kier molecular flexibility index (Phi) is 6.86. The van der Waals surface area contributed by atoms with Crippen molar-refractivity contribution in [2.45, 2.75) is 13.8 Å². The van der Waals surface area contributed by atoms with E-state index in [9.17, 15) is 9.59 Å². The van der Waals surface area contributed by atoms with Crippen LogP contribution in [0.5, 0.6) is 0 Å². The molecule has 1 aromatic heterocycles. The first kappa shape index (κ1) is 16.3. The third kappa shape index (κ3) is 5.08. The molecule has 0 aromatic carbocycles. The second kappa shape index (κ2) is 8.42. The standard InChI is InChI=1S/C13H15BrN2O4/c1-3-19-12(17)10(13(18)20-4-2)8-15-9-5-6-11(14)16-7-9/h5-8,10H,3-4H2,1-2H3. The van der Waals surface area contributed by atoms with Crippen LogP contribution < -0.4 is 0 Å². The average Bonchev–Trinajstić information content (AvgIpc) is 2.42. The Labute approximate surface area is 125 Å². The molecule has 0 saturated carbocycles. The molecular formula is C13H15BrN2O4. The highest BCUT2D eigenvalue weighted by Gasteiger charge is 2.27. The first-order valence-electron chi connectivity index (χ1n) is 6.07. The van der Waals surface area contributed by atoms with E-state index in [0.717, 1.165) is 0 Å². The molecule has 0 unspecified atom stereocenters. The van der Waals surface area contributed by atoms with Gasteiger partial charge >= 0.3 is 11.9 Å². The Balaban J connectivity index is 2.85. The number of pyridine rings is 1. The highest BCUT2D eigenvalue weighted by molar-refractivity contribution is 9.10. The summed E-state index contributed by atoms with van der Waals surface area (Å²) in [6, 6.07) is 3.40. The average molecular weight is 343 g/mol. The van der Waals surface area contributed by atoms with Gasteiger partial charge in [0.2, 0.25) is 0 Å². The second-order valence-electron chi connectivity index (χ2n) is 3.60. The zero-order chi connectivity index (χ0) is 15.0. The van der Waals surface area contributed by atoms with Crippen LogP contribution in [0.3, 0.4) is 0 Å². The number of aliphatic imine (C=N–C) groups is 1. The molecule has 0 aliphatic rings. The molecule has 0 atom stereocenters. The molecule has 6 nitrogen and oxygen atoms in total. The van der Waals surface area contributed by atoms with Crippen LogP contribution in [-0.4, -0.2) is 36.4 Å². The lowest BCUT2D eigenvalue weighted by atomic mass is 10.2. The van der Waals surface area contributed by atoms with Gasteiger partial charge in [-0.05, 0) is 41.9 Å². The SMILES string of the molecule is CCOC(=O)C(C=Nc1ccc(Br)nc1)C(=O)OCC. The summed E-state index contributed by atoms with van der Waals surface area (Å²) < 4.78 is 10.3. The van der Waals surface area contributed by atoms with E-state index >= 15 is 0 Å². The van der Waals surface area contributed by atoms with Crippen molar-refractivity contribution in [1.82, 2.24) is 4.98 Å². The number of ether oxygens (including phenoxy) is 2. The van der Waals surface area contributed by atoms with Crippen LogP contribution in [0, 0.1) is 5.92 Å². The van der Waals surface area contributed by atoms with Gasteiger partial charge in [-0.1, -0.05) is 0 Å². The molecule has 0 aliphatic carbocycles. The largest absolute Gasteiger partial charge is 0.465 e. The number of nitrogens with zero attached hydrogens (tertiary/aromatic N) is 2. The second-order valence-corrected chi connectivity index (χ2v) is 4.41. The first-order chi connectivity index (χ1) is 9.58. The molecular weight excluding hydrogens is 328 g/mol. The first-order valence-corrected chi connectivity index (χ1v) is 6.86. The Morgan fingerprint density at radius 3 is 2.35 bits per heavy atom. The van der Waals surface area contributed by atoms with Crippen LogP contribution in [0.2, 0.25) is 0 Å². The van der Waals surface area contributed by atoms with Crippen LogP contribution in [0.15, 0.2) is 27.9 Å². The monoisotopic (exact) mass is 342 g/mol. The van der Waals surface area contributed by atoms with Gasteiger partial charge in [-0.3, -0.25) is 14.6 Å². The molecule has 0 spiro atoms. The minimum absolute atomic E-state index is 0.183. The molecule has 0 fully saturated rings. The van der Waals surface area contributed by atoms with Gasteiger partial charge in [0, 0.05) is 6.21 Å². The number of aromatic nitrogens is 1. The van der Waals surface area contributed by atoms with Gasteiger partial charge in [-0.2, -0.15) is 0 Å². The summed E-state index contributed by atoms with van der Waals surface area (Å²) in [4.78, 5) is 31.4. The van der Waals surface area contributed by atoms with Crippen molar-refractivity contribution in [2.75, 3.05) is 13.2 Å². The van der Waals surface area contributed by atoms with E-state index in [1.54, 1.807) is 26.0 Å². The van der Waals surface area contributed by atoms with Crippen molar-refractivity contribution in [3.63, 3.8) is 0 Å². The van der Waals surface area contributed by atoms with Gasteiger partial charge in [-0.15, -0.1) is 0 Å². The molecule has 7 heteroatoms. The fourth-order valence-electron chi connectivity index (χ4n) is 1.29. The number of hydrogen-bond donors (Lipinski definition) is 0. The third-order valence-electron chi connectivity index (χ3n) is 2.17. The highest BCUT2D eigenvalue weighted by atomic mass is 79.9. The van der Waals surface area contributed by atoms with Gasteiger partial charge in [0.1, 0.15) is 4.60 Å². The Morgan fingerprint density at radius 1 is 1.30 bits per heavy atom. The molecule has 1 heterocycles. The van der Waals surface area contributed by atoms with Gasteiger partial charge < -0.3 is 9.47 Å². The molecule has 0 bridgehead atoms. The molecule has 0 amide bonds. The van der Waals surface area contributed by atoms with E-state index in [-0.39, 0.29) is 13.2 Å². The van der Waals surface area contributed by atoms with Crippen molar-refractivity contribution in [1.29, 1.82) is 0 Å². The van der Waals surface area contributed by atoms with Gasteiger partial charge in [-0.25, -0.2) is 4.98 Å². The Bertz CT molecular complexity index is 470. The van der Waals surface area contributed by atoms with Gasteiger partial charge in [0.05, 0.1) is 25.1 Å². The van der Waals surface area contributed by atoms with E-state index in [1.807, 2.05) is 0 Å². The number of carbonyl (C=O) groups is 2. The van der Waals surface area contributed by atoms with Gasteiger partial charge in [0.25, 0.3) is 0 Å². The van der Waals surface area contributed by atoms with Crippen LogP contribution in [-0.2, 0) is 19.1 Å². The van der Waals surface area contributed by atoms with Crippen LogP contribution in [0.4, 0.5) is 5.69 Å². The van der Waals surface area contributed by atoms with E-state index < -0.39 is 17.9 Å². The van der Waals surface area contributed by atoms with E-state index in [0.29, 0.717) is 10.3 Å². The molecule has 108 valence electrons. The molecule has 0 aliphatic heterocycles. The summed E-state index contributed by atoms with van der Waals surface area (Å²) >= 11 is 3.20. The zero-order valence-electron chi connectivity index (χ0n) is 11.2. The summed E-state index contributed by atoms with van der Waals surface area (Å²) in [5, 5.41) is 0. The predicted octanol–water partition coefficient (Wildman–Crippen LogP) is 2.29. The summed E-state index contributed by atoms with van der Waals surface area (Å²) in [5.74, 6) is -2.53. The molecule has 0 saturated heterocycles. The fraction of sp³-hybridized carbons (Fsp3) is 0.385. The maximum atomic E-state index is 11.7. The predicted molar refractivity (Wildman–Crippen MR) is 76.8 cm³/mol. The van der Waals surface area contributed by atoms with E-state index in [4.69, 9.17) is 9.47 Å². The topological polar surface area (TPSA) is 77.9 Å². The molecule has 20 heavy (non-hydrogen) atoms. The lowest BCUT2D eigenvalue weighted by Gasteiger charge is -2.09. The summed E-state index contributed by atoms with van der Waals surface area (Å²) in [6.45, 7) is 3.69. The molecule has 0 radical (unpaired) electrons. The number of halogens is 1. The number of hydrogen-bond acceptors (Lipinski definition) is 6. The maximum Gasteiger partial charge on any atom is 0.325 e. The fourth-order valence-corrected chi connectivity index (χ4v) is 1.52. The third-order valence-corrected chi connectivity index (χ3v) is 2.63. The van der Waals surface area contributed by atoms with E-state index in [1.165, 1.54) is 12.4 Å². The van der Waals surface area contributed by atoms with Crippen molar-refractivity contribution in [3.8, 4) is 0 Å². The summed E-state index contributed by atoms with van der Waals surface area (Å²) in [5.41, 5.74) is 0.520. The highest BCUT2D eigenvalue weighted by Crippen LogP contribution is 2.14. The van der Waals surface area contributed by atoms with Crippen LogP contribution in [0.25, 0.3) is 0 Å². The normalized spacial score (nSPS) is 10.8. The number of rotatable bonds is 6. The van der Waals surface area contributed by atoms with E-state index in [2.05, 4.69) is 25.9 Å². The minimum Gasteiger partial charge on any atom is -0.465 e. The molecule has 1 rings (SSSR count). The Hall–Kier alpha value is -1.76. The number of carbonyl (C=O) groups excluding carboxylic acids is 2. The maximum absolute atomic E-state index is 11.7. The minimum atomic E-state index is -1.17. The van der Waals surface area contributed by atoms with Crippen molar-refractivity contribution in [3.05, 3.63) is 22.9 Å². The summed E-state index contributed by atoms with van der Waals surface area (Å²) in [6.07, 6.45) is 2.72.